The van der Waals surface area contributed by atoms with Crippen molar-refractivity contribution in [2.24, 2.45) is 0 Å². The van der Waals surface area contributed by atoms with Gasteiger partial charge in [-0.1, -0.05) is 41.4 Å². The zero-order valence-corrected chi connectivity index (χ0v) is 18.2. The summed E-state index contributed by atoms with van der Waals surface area (Å²) in [6.07, 6.45) is -0.106. The van der Waals surface area contributed by atoms with E-state index in [4.69, 9.17) is 23.2 Å². The highest BCUT2D eigenvalue weighted by Crippen LogP contribution is 2.52. The van der Waals surface area contributed by atoms with Crippen LogP contribution in [-0.2, 0) is 10.2 Å². The molecule has 1 heterocycles. The molecule has 0 spiro atoms. The fourth-order valence-corrected chi connectivity index (χ4v) is 4.77. The van der Waals surface area contributed by atoms with Crippen molar-refractivity contribution < 1.29 is 23.8 Å². The third-order valence-corrected chi connectivity index (χ3v) is 6.13. The molecule has 3 N–H and O–H groups in total. The van der Waals surface area contributed by atoms with Crippen LogP contribution in [0.15, 0.2) is 36.4 Å². The molecule has 5 nitrogen and oxygen atoms in total. The number of carboxylic acid groups (broad SMARTS) is 1. The summed E-state index contributed by atoms with van der Waals surface area (Å²) in [4.78, 5) is 12.2. The first-order valence-electron chi connectivity index (χ1n) is 9.44. The molecule has 2 aromatic carbocycles. The lowest BCUT2D eigenvalue weighted by Crippen LogP contribution is -2.46. The average molecular weight is 469 g/mol. The molecular formula is C22H20Cl2F2N2O3. The van der Waals surface area contributed by atoms with Gasteiger partial charge in [0.1, 0.15) is 23.1 Å². The number of nitrogens with zero attached hydrogens (tertiary/aromatic N) is 1. The molecule has 0 aromatic heterocycles. The zero-order chi connectivity index (χ0) is 23.1. The molecule has 31 heavy (non-hydrogen) atoms. The number of carbonyl (C=O) groups is 1. The van der Waals surface area contributed by atoms with Gasteiger partial charge < -0.3 is 10.2 Å². The summed E-state index contributed by atoms with van der Waals surface area (Å²) < 4.78 is 30.2. The minimum atomic E-state index is -1.89. The number of hydrogen-bond donors (Lipinski definition) is 3. The quantitative estimate of drug-likeness (QED) is 0.604. The van der Waals surface area contributed by atoms with E-state index in [9.17, 15) is 20.3 Å². The fraction of sp³-hybridized carbons (Fsp3) is 0.364. The third kappa shape index (κ3) is 4.13. The predicted octanol–water partition coefficient (Wildman–Crippen LogP) is 4.40. The molecular weight excluding hydrogens is 449 g/mol. The number of aliphatic hydroxyl groups is 1. The SMILES string of the molecule is CC(C)(O)C[C@@H]1N[C@@H](C(=O)O)[C@H](c2cccc(Cl)c2F)[C@@]1(C#N)c1ccc(Cl)cc1F. The average Bonchev–Trinajstić information content (AvgIpc) is 2.97. The Morgan fingerprint density at radius 2 is 1.97 bits per heavy atom. The maximum atomic E-state index is 15.1. The number of aliphatic carboxylic acids is 1. The van der Waals surface area contributed by atoms with Gasteiger partial charge in [0.2, 0.25) is 0 Å². The lowest BCUT2D eigenvalue weighted by atomic mass is 9.63. The molecule has 3 rings (SSSR count). The standard InChI is InChI=1S/C22H20Cl2F2N2O3/c1-21(2,31)9-16-22(10-27,13-7-6-11(23)8-15(13)25)17(19(28-16)20(29)30)12-4-3-5-14(24)18(12)26/h3-8,16-17,19,28,31H,9H2,1-2H3,(H,29,30)/t16-,17-,19+,22-/m0/s1. The molecule has 0 aliphatic carbocycles. The lowest BCUT2D eigenvalue weighted by molar-refractivity contribution is -0.139. The summed E-state index contributed by atoms with van der Waals surface area (Å²) in [5.74, 6) is -4.43. The number of benzene rings is 2. The second-order valence-corrected chi connectivity index (χ2v) is 9.12. The Hall–Kier alpha value is -2.24. The first kappa shape index (κ1) is 23.4. The van der Waals surface area contributed by atoms with Crippen LogP contribution < -0.4 is 5.32 Å². The third-order valence-electron chi connectivity index (χ3n) is 5.60. The van der Waals surface area contributed by atoms with Gasteiger partial charge in [0.05, 0.1) is 16.7 Å². The molecule has 0 amide bonds. The normalized spacial score (nSPS) is 25.9. The smallest absolute Gasteiger partial charge is 0.321 e. The van der Waals surface area contributed by atoms with Crippen LogP contribution in [0.1, 0.15) is 37.3 Å². The van der Waals surface area contributed by atoms with E-state index in [1.54, 1.807) is 0 Å². The van der Waals surface area contributed by atoms with E-state index < -0.39 is 46.6 Å². The van der Waals surface area contributed by atoms with Gasteiger partial charge in [-0.05, 0) is 44.0 Å². The Balaban J connectivity index is 2.38. The molecule has 9 heteroatoms. The van der Waals surface area contributed by atoms with Crippen LogP contribution in [0.2, 0.25) is 10.0 Å². The molecule has 4 atom stereocenters. The highest BCUT2D eigenvalue weighted by Gasteiger charge is 2.61. The summed E-state index contributed by atoms with van der Waals surface area (Å²) >= 11 is 11.8. The molecule has 1 saturated heterocycles. The monoisotopic (exact) mass is 468 g/mol. The zero-order valence-electron chi connectivity index (χ0n) is 16.7. The Bertz CT molecular complexity index is 1070. The molecule has 1 fully saturated rings. The Morgan fingerprint density at radius 1 is 1.29 bits per heavy atom. The summed E-state index contributed by atoms with van der Waals surface area (Å²) in [6.45, 7) is 2.97. The largest absolute Gasteiger partial charge is 0.480 e. The number of hydrogen-bond acceptors (Lipinski definition) is 4. The minimum absolute atomic E-state index is 0.0830. The van der Waals surface area contributed by atoms with E-state index in [1.165, 1.54) is 44.2 Å². The Morgan fingerprint density at radius 3 is 2.52 bits per heavy atom. The maximum absolute atomic E-state index is 15.1. The number of rotatable bonds is 5. The number of nitrogens with one attached hydrogen (secondary N) is 1. The van der Waals surface area contributed by atoms with Gasteiger partial charge in [0.25, 0.3) is 0 Å². The summed E-state index contributed by atoms with van der Waals surface area (Å²) in [5, 5.41) is 33.4. The van der Waals surface area contributed by atoms with Crippen molar-refractivity contribution in [1.29, 1.82) is 5.26 Å². The predicted molar refractivity (Wildman–Crippen MR) is 112 cm³/mol. The molecule has 0 bridgehead atoms. The van der Waals surface area contributed by atoms with E-state index in [2.05, 4.69) is 11.4 Å². The Labute approximate surface area is 188 Å². The lowest BCUT2D eigenvalue weighted by Gasteiger charge is -2.37. The van der Waals surface area contributed by atoms with Crippen molar-refractivity contribution in [1.82, 2.24) is 5.32 Å². The Kier molecular flexibility index (Phi) is 6.32. The van der Waals surface area contributed by atoms with Gasteiger partial charge in [0, 0.05) is 22.5 Å². The van der Waals surface area contributed by atoms with Crippen LogP contribution in [0, 0.1) is 23.0 Å². The first-order valence-corrected chi connectivity index (χ1v) is 10.2. The van der Waals surface area contributed by atoms with Crippen LogP contribution in [0.3, 0.4) is 0 Å². The van der Waals surface area contributed by atoms with Crippen molar-refractivity contribution in [2.45, 2.75) is 49.3 Å². The second kappa shape index (κ2) is 8.36. The number of carboxylic acids is 1. The molecule has 0 radical (unpaired) electrons. The van der Waals surface area contributed by atoms with Crippen LogP contribution in [0.4, 0.5) is 8.78 Å². The van der Waals surface area contributed by atoms with Crippen molar-refractivity contribution in [3.63, 3.8) is 0 Å². The molecule has 0 unspecified atom stereocenters. The molecule has 1 aliphatic heterocycles. The number of halogens is 4. The van der Waals surface area contributed by atoms with E-state index in [0.29, 0.717) is 0 Å². The maximum Gasteiger partial charge on any atom is 0.321 e. The van der Waals surface area contributed by atoms with Gasteiger partial charge >= 0.3 is 5.97 Å². The van der Waals surface area contributed by atoms with Crippen molar-refractivity contribution in [3.8, 4) is 6.07 Å². The van der Waals surface area contributed by atoms with E-state index in [-0.39, 0.29) is 27.6 Å². The summed E-state index contributed by atoms with van der Waals surface area (Å²) in [7, 11) is 0. The van der Waals surface area contributed by atoms with Gasteiger partial charge in [-0.2, -0.15) is 5.26 Å². The van der Waals surface area contributed by atoms with E-state index in [0.717, 1.165) is 6.07 Å². The van der Waals surface area contributed by atoms with Crippen LogP contribution in [0.5, 0.6) is 0 Å². The molecule has 2 aromatic rings. The highest BCUT2D eigenvalue weighted by atomic mass is 35.5. The van der Waals surface area contributed by atoms with Crippen LogP contribution in [-0.4, -0.2) is 33.9 Å². The van der Waals surface area contributed by atoms with Gasteiger partial charge in [-0.15, -0.1) is 0 Å². The van der Waals surface area contributed by atoms with Gasteiger partial charge in [-0.25, -0.2) is 8.78 Å². The first-order chi connectivity index (χ1) is 14.4. The topological polar surface area (TPSA) is 93.3 Å². The molecule has 0 saturated carbocycles. The molecule has 1 aliphatic rings. The fourth-order valence-electron chi connectivity index (χ4n) is 4.43. The van der Waals surface area contributed by atoms with E-state index in [1.807, 2.05) is 0 Å². The summed E-state index contributed by atoms with van der Waals surface area (Å²) in [6, 6.07) is 7.33. The van der Waals surface area contributed by atoms with Crippen molar-refractivity contribution >= 4 is 29.2 Å². The van der Waals surface area contributed by atoms with Crippen LogP contribution >= 0.6 is 23.2 Å². The van der Waals surface area contributed by atoms with Crippen LogP contribution in [0.25, 0.3) is 0 Å². The number of nitriles is 1. The second-order valence-electron chi connectivity index (χ2n) is 8.28. The summed E-state index contributed by atoms with van der Waals surface area (Å²) in [5.41, 5.74) is -3.51. The van der Waals surface area contributed by atoms with Gasteiger partial charge in [0.15, 0.2) is 0 Å². The van der Waals surface area contributed by atoms with E-state index >= 15 is 8.78 Å². The molecule has 164 valence electrons. The van der Waals surface area contributed by atoms with Crippen molar-refractivity contribution in [2.75, 3.05) is 0 Å². The van der Waals surface area contributed by atoms with Crippen molar-refractivity contribution in [3.05, 3.63) is 69.2 Å². The highest BCUT2D eigenvalue weighted by molar-refractivity contribution is 6.31. The van der Waals surface area contributed by atoms with Gasteiger partial charge in [-0.3, -0.25) is 10.1 Å². The minimum Gasteiger partial charge on any atom is -0.480 e.